The van der Waals surface area contributed by atoms with Crippen LogP contribution in [0.3, 0.4) is 0 Å². The lowest BCUT2D eigenvalue weighted by Crippen LogP contribution is -2.43. The van der Waals surface area contributed by atoms with Gasteiger partial charge in [-0.15, -0.1) is 0 Å². The molecule has 2 aromatic rings. The summed E-state index contributed by atoms with van der Waals surface area (Å²) >= 11 is 0. The van der Waals surface area contributed by atoms with Gasteiger partial charge in [0, 0.05) is 27.2 Å². The lowest BCUT2D eigenvalue weighted by atomic mass is 10.2. The fourth-order valence-corrected chi connectivity index (χ4v) is 3.50. The average molecular weight is 405 g/mol. The molecule has 0 heterocycles. The molecule has 2 aromatic carbocycles. The van der Waals surface area contributed by atoms with Crippen LogP contribution in [-0.2, 0) is 10.0 Å². The minimum atomic E-state index is -3.51. The van der Waals surface area contributed by atoms with Crippen LogP contribution in [0.1, 0.15) is 5.56 Å². The van der Waals surface area contributed by atoms with Gasteiger partial charge in [-0.3, -0.25) is 4.99 Å². The molecule has 0 aliphatic carbocycles. The Balaban J connectivity index is 1.73. The van der Waals surface area contributed by atoms with Crippen LogP contribution in [0.4, 0.5) is 0 Å². The number of benzene rings is 2. The van der Waals surface area contributed by atoms with Gasteiger partial charge in [0.1, 0.15) is 12.4 Å². The van der Waals surface area contributed by atoms with Gasteiger partial charge in [-0.2, -0.15) is 0 Å². The van der Waals surface area contributed by atoms with E-state index in [1.807, 2.05) is 49.2 Å². The fourth-order valence-electron chi connectivity index (χ4n) is 2.47. The van der Waals surface area contributed by atoms with Crippen LogP contribution in [0, 0.1) is 6.92 Å². The molecule has 0 aliphatic heterocycles. The summed E-state index contributed by atoms with van der Waals surface area (Å²) in [6.45, 7) is 3.75. The molecule has 152 valence electrons. The first-order valence-corrected chi connectivity index (χ1v) is 10.6. The van der Waals surface area contributed by atoms with Crippen molar-refractivity contribution in [2.24, 2.45) is 4.99 Å². The summed E-state index contributed by atoms with van der Waals surface area (Å²) in [5.41, 5.74) is 1.02. The highest BCUT2D eigenvalue weighted by Crippen LogP contribution is 2.09. The monoisotopic (exact) mass is 404 g/mol. The van der Waals surface area contributed by atoms with Crippen LogP contribution >= 0.6 is 0 Å². The molecule has 7 nitrogen and oxygen atoms in total. The van der Waals surface area contributed by atoms with Crippen LogP contribution in [0.25, 0.3) is 0 Å². The number of sulfonamides is 1. The smallest absolute Gasteiger partial charge is 0.240 e. The van der Waals surface area contributed by atoms with E-state index in [4.69, 9.17) is 4.74 Å². The van der Waals surface area contributed by atoms with Crippen molar-refractivity contribution in [2.45, 2.75) is 11.8 Å². The van der Waals surface area contributed by atoms with E-state index >= 15 is 0 Å². The van der Waals surface area contributed by atoms with E-state index in [-0.39, 0.29) is 11.4 Å². The third kappa shape index (κ3) is 6.86. The van der Waals surface area contributed by atoms with Gasteiger partial charge in [0.05, 0.1) is 11.4 Å². The maximum atomic E-state index is 12.3. The van der Waals surface area contributed by atoms with E-state index in [9.17, 15) is 8.42 Å². The van der Waals surface area contributed by atoms with E-state index in [1.165, 1.54) is 0 Å². The van der Waals surface area contributed by atoms with Gasteiger partial charge in [-0.1, -0.05) is 35.9 Å². The molecule has 2 N–H and O–H groups in total. The second-order valence-electron chi connectivity index (χ2n) is 6.27. The molecule has 0 amide bonds. The van der Waals surface area contributed by atoms with Gasteiger partial charge < -0.3 is 15.0 Å². The molecule has 0 aliphatic rings. The number of nitrogens with one attached hydrogen (secondary N) is 2. The predicted molar refractivity (Wildman–Crippen MR) is 112 cm³/mol. The maximum Gasteiger partial charge on any atom is 0.240 e. The van der Waals surface area contributed by atoms with Crippen LogP contribution in [0.2, 0.25) is 0 Å². The Labute approximate surface area is 167 Å². The van der Waals surface area contributed by atoms with Crippen LogP contribution in [0.15, 0.2) is 64.5 Å². The summed E-state index contributed by atoms with van der Waals surface area (Å²) in [4.78, 5) is 6.40. The van der Waals surface area contributed by atoms with Gasteiger partial charge in [0.25, 0.3) is 0 Å². The van der Waals surface area contributed by atoms with Gasteiger partial charge in [0.15, 0.2) is 5.96 Å². The van der Waals surface area contributed by atoms with Crippen LogP contribution in [0.5, 0.6) is 5.75 Å². The van der Waals surface area contributed by atoms with Crippen molar-refractivity contribution in [3.8, 4) is 5.75 Å². The Kier molecular flexibility index (Phi) is 8.28. The van der Waals surface area contributed by atoms with Gasteiger partial charge >= 0.3 is 0 Å². The Hall–Kier alpha value is -2.58. The van der Waals surface area contributed by atoms with Crippen molar-refractivity contribution in [3.63, 3.8) is 0 Å². The average Bonchev–Trinajstić information content (AvgIpc) is 2.69. The number of guanidine groups is 1. The largest absolute Gasteiger partial charge is 0.492 e. The van der Waals surface area contributed by atoms with E-state index in [1.54, 1.807) is 31.3 Å². The number of aryl methyl sites for hydroxylation is 1. The first-order valence-electron chi connectivity index (χ1n) is 9.08. The molecule has 0 atom stereocenters. The summed E-state index contributed by atoms with van der Waals surface area (Å²) in [6, 6.07) is 16.4. The topological polar surface area (TPSA) is 83.0 Å². The summed E-state index contributed by atoms with van der Waals surface area (Å²) in [5, 5.41) is 3.14. The summed E-state index contributed by atoms with van der Waals surface area (Å²) in [7, 11) is 0.0805. The number of para-hydroxylation sites is 1. The minimum Gasteiger partial charge on any atom is -0.492 e. The van der Waals surface area contributed by atoms with Gasteiger partial charge in [0.2, 0.25) is 10.0 Å². The maximum absolute atomic E-state index is 12.3. The molecule has 0 aromatic heterocycles. The molecule has 2 rings (SSSR count). The van der Waals surface area contributed by atoms with Gasteiger partial charge in [-0.05, 0) is 31.2 Å². The molecule has 0 fully saturated rings. The number of hydrogen-bond acceptors (Lipinski definition) is 4. The zero-order chi connectivity index (χ0) is 20.4. The van der Waals surface area contributed by atoms with E-state index in [0.29, 0.717) is 25.7 Å². The molecule has 0 saturated carbocycles. The lowest BCUT2D eigenvalue weighted by molar-refractivity contribution is 0.281. The molecular weight excluding hydrogens is 376 g/mol. The van der Waals surface area contributed by atoms with Crippen LogP contribution in [-0.4, -0.2) is 59.6 Å². The Morgan fingerprint density at radius 3 is 2.39 bits per heavy atom. The summed E-state index contributed by atoms with van der Waals surface area (Å²) in [5.74, 6) is 1.50. The first kappa shape index (κ1) is 21.7. The molecule has 8 heteroatoms. The highest BCUT2D eigenvalue weighted by atomic mass is 32.2. The van der Waals surface area contributed by atoms with Crippen LogP contribution < -0.4 is 14.8 Å². The summed E-state index contributed by atoms with van der Waals surface area (Å²) < 4.78 is 32.8. The number of ether oxygens (including phenoxy) is 1. The number of hydrogen-bond donors (Lipinski definition) is 2. The molecule has 0 radical (unpaired) electrons. The lowest BCUT2D eigenvalue weighted by Gasteiger charge is -2.22. The highest BCUT2D eigenvalue weighted by molar-refractivity contribution is 7.89. The highest BCUT2D eigenvalue weighted by Gasteiger charge is 2.13. The number of rotatable bonds is 9. The third-order valence-electron chi connectivity index (χ3n) is 4.04. The molecule has 0 spiro atoms. The first-order chi connectivity index (χ1) is 13.4. The van der Waals surface area contributed by atoms with E-state index in [2.05, 4.69) is 15.0 Å². The Morgan fingerprint density at radius 1 is 1.07 bits per heavy atom. The van der Waals surface area contributed by atoms with Crippen molar-refractivity contribution >= 4 is 16.0 Å². The van der Waals surface area contributed by atoms with Crippen molar-refractivity contribution < 1.29 is 13.2 Å². The SMILES string of the molecule is CN=C(NCCNS(=O)(=O)c1ccc(C)cc1)N(C)CCOc1ccccc1. The van der Waals surface area contributed by atoms with E-state index < -0.39 is 10.0 Å². The van der Waals surface area contributed by atoms with Gasteiger partial charge in [-0.25, -0.2) is 13.1 Å². The molecular formula is C20H28N4O3S. The molecule has 0 saturated heterocycles. The van der Waals surface area contributed by atoms with E-state index in [0.717, 1.165) is 11.3 Å². The number of nitrogens with zero attached hydrogens (tertiary/aromatic N) is 2. The molecule has 0 bridgehead atoms. The second kappa shape index (κ2) is 10.7. The molecule has 28 heavy (non-hydrogen) atoms. The quantitative estimate of drug-likeness (QED) is 0.379. The Bertz CT molecular complexity index is 853. The zero-order valence-electron chi connectivity index (χ0n) is 16.6. The normalized spacial score (nSPS) is 11.9. The van der Waals surface area contributed by atoms with Crippen molar-refractivity contribution in [3.05, 3.63) is 60.2 Å². The number of likely N-dealkylation sites (N-methyl/N-ethyl adjacent to an activating group) is 1. The standard InChI is InChI=1S/C20H28N4O3S/c1-17-9-11-19(12-10-17)28(25,26)23-14-13-22-20(21-2)24(3)15-16-27-18-7-5-4-6-8-18/h4-12,23H,13-16H2,1-3H3,(H,21,22). The third-order valence-corrected chi connectivity index (χ3v) is 5.52. The summed E-state index contributed by atoms with van der Waals surface area (Å²) in [6.07, 6.45) is 0. The Morgan fingerprint density at radius 2 is 1.75 bits per heavy atom. The zero-order valence-corrected chi connectivity index (χ0v) is 17.4. The molecule has 0 unspecified atom stereocenters. The second-order valence-corrected chi connectivity index (χ2v) is 8.03. The fraction of sp³-hybridized carbons (Fsp3) is 0.350. The van der Waals surface area contributed by atoms with Crippen molar-refractivity contribution in [2.75, 3.05) is 40.3 Å². The number of aliphatic imine (C=N–C) groups is 1. The van der Waals surface area contributed by atoms with Crippen molar-refractivity contribution in [1.82, 2.24) is 14.9 Å². The predicted octanol–water partition coefficient (Wildman–Crippen LogP) is 1.86. The van der Waals surface area contributed by atoms with Crippen molar-refractivity contribution in [1.29, 1.82) is 0 Å². The minimum absolute atomic E-state index is 0.254.